The van der Waals surface area contributed by atoms with E-state index in [1.54, 1.807) is 36.4 Å². The monoisotopic (exact) mass is 439 g/mol. The summed E-state index contributed by atoms with van der Waals surface area (Å²) >= 11 is 18.0. The maximum absolute atomic E-state index is 11.7. The van der Waals surface area contributed by atoms with Crippen LogP contribution in [0.15, 0.2) is 42.7 Å². The summed E-state index contributed by atoms with van der Waals surface area (Å²) < 4.78 is 5.25. The fourth-order valence-corrected chi connectivity index (χ4v) is 3.10. The molecule has 3 rings (SSSR count). The third kappa shape index (κ3) is 4.53. The van der Waals surface area contributed by atoms with Crippen LogP contribution in [-0.2, 0) is 0 Å². The Morgan fingerprint density at radius 2 is 1.61 bits per heavy atom. The van der Waals surface area contributed by atoms with E-state index in [9.17, 15) is 10.1 Å². The zero-order valence-corrected chi connectivity index (χ0v) is 16.5. The van der Waals surface area contributed by atoms with E-state index in [4.69, 9.17) is 39.5 Å². The van der Waals surface area contributed by atoms with Gasteiger partial charge in [-0.05, 0) is 36.4 Å². The highest BCUT2D eigenvalue weighted by molar-refractivity contribution is 6.35. The highest BCUT2D eigenvalue weighted by Crippen LogP contribution is 2.37. The standard InChI is InChI=1S/C17H12Cl3N5O3/c1-28-14-3-2-9(18)7-13(14)24-17-15(25(26)27)16(21-8-22-17)23-12-5-10(19)4-11(20)6-12/h2-8H,1H3,(H2,21,22,23,24). The van der Waals surface area contributed by atoms with Gasteiger partial charge in [-0.15, -0.1) is 0 Å². The quantitative estimate of drug-likeness (QED) is 0.366. The number of methoxy groups -OCH3 is 1. The highest BCUT2D eigenvalue weighted by atomic mass is 35.5. The molecule has 0 aliphatic carbocycles. The largest absolute Gasteiger partial charge is 0.495 e. The van der Waals surface area contributed by atoms with Crippen molar-refractivity contribution < 1.29 is 9.66 Å². The van der Waals surface area contributed by atoms with E-state index in [1.807, 2.05) is 0 Å². The van der Waals surface area contributed by atoms with Gasteiger partial charge in [0, 0.05) is 20.8 Å². The third-order valence-electron chi connectivity index (χ3n) is 3.54. The van der Waals surface area contributed by atoms with Crippen molar-refractivity contribution in [2.75, 3.05) is 17.7 Å². The molecule has 0 aliphatic heterocycles. The number of halogens is 3. The smallest absolute Gasteiger partial charge is 0.353 e. The van der Waals surface area contributed by atoms with Gasteiger partial charge in [0.15, 0.2) is 0 Å². The van der Waals surface area contributed by atoms with E-state index in [0.717, 1.165) is 0 Å². The lowest BCUT2D eigenvalue weighted by molar-refractivity contribution is -0.383. The van der Waals surface area contributed by atoms with Crippen molar-refractivity contribution in [3.8, 4) is 5.75 Å². The molecule has 0 unspecified atom stereocenters. The van der Waals surface area contributed by atoms with Crippen LogP contribution in [0.3, 0.4) is 0 Å². The molecule has 0 amide bonds. The summed E-state index contributed by atoms with van der Waals surface area (Å²) in [7, 11) is 1.47. The molecule has 2 aromatic carbocycles. The summed E-state index contributed by atoms with van der Waals surface area (Å²) in [6.07, 6.45) is 1.18. The molecular weight excluding hydrogens is 429 g/mol. The molecule has 2 N–H and O–H groups in total. The zero-order valence-electron chi connectivity index (χ0n) is 14.2. The second-order valence-corrected chi connectivity index (χ2v) is 6.74. The Kier molecular flexibility index (Phi) is 6.03. The van der Waals surface area contributed by atoms with Crippen LogP contribution in [0.2, 0.25) is 15.1 Å². The lowest BCUT2D eigenvalue weighted by atomic mass is 10.2. The van der Waals surface area contributed by atoms with Crippen molar-refractivity contribution in [2.45, 2.75) is 0 Å². The minimum absolute atomic E-state index is 0.0400. The van der Waals surface area contributed by atoms with Crippen molar-refractivity contribution in [1.29, 1.82) is 0 Å². The molecule has 0 bridgehead atoms. The summed E-state index contributed by atoms with van der Waals surface area (Å²) in [5.41, 5.74) is 0.472. The Morgan fingerprint density at radius 1 is 0.964 bits per heavy atom. The van der Waals surface area contributed by atoms with Gasteiger partial charge in [-0.1, -0.05) is 34.8 Å². The average molecular weight is 441 g/mol. The fraction of sp³-hybridized carbons (Fsp3) is 0.0588. The summed E-state index contributed by atoms with van der Waals surface area (Å²) in [6.45, 7) is 0. The van der Waals surface area contributed by atoms with Gasteiger partial charge >= 0.3 is 5.69 Å². The van der Waals surface area contributed by atoms with Crippen molar-refractivity contribution in [3.63, 3.8) is 0 Å². The molecule has 0 aliphatic rings. The van der Waals surface area contributed by atoms with E-state index in [-0.39, 0.29) is 17.3 Å². The number of ether oxygens (including phenoxy) is 1. The van der Waals surface area contributed by atoms with E-state index in [0.29, 0.717) is 32.2 Å². The molecule has 0 spiro atoms. The van der Waals surface area contributed by atoms with Crippen LogP contribution in [0.1, 0.15) is 0 Å². The Balaban J connectivity index is 2.03. The van der Waals surface area contributed by atoms with Crippen LogP contribution >= 0.6 is 34.8 Å². The van der Waals surface area contributed by atoms with Crippen molar-refractivity contribution in [1.82, 2.24) is 9.97 Å². The number of benzene rings is 2. The van der Waals surface area contributed by atoms with Gasteiger partial charge < -0.3 is 15.4 Å². The van der Waals surface area contributed by atoms with Gasteiger partial charge in [-0.2, -0.15) is 0 Å². The average Bonchev–Trinajstić information content (AvgIpc) is 2.61. The van der Waals surface area contributed by atoms with Crippen molar-refractivity contribution in [2.24, 2.45) is 0 Å². The summed E-state index contributed by atoms with van der Waals surface area (Å²) in [5, 5.41) is 18.6. The lowest BCUT2D eigenvalue weighted by Gasteiger charge is -2.13. The second kappa shape index (κ2) is 8.47. The van der Waals surface area contributed by atoms with Gasteiger partial charge in [0.05, 0.1) is 17.7 Å². The molecular formula is C17H12Cl3N5O3. The lowest BCUT2D eigenvalue weighted by Crippen LogP contribution is -2.06. The predicted molar refractivity (Wildman–Crippen MR) is 110 cm³/mol. The molecule has 28 heavy (non-hydrogen) atoms. The first-order valence-electron chi connectivity index (χ1n) is 7.70. The number of nitrogens with one attached hydrogen (secondary N) is 2. The predicted octanol–water partition coefficient (Wildman–Crippen LogP) is 5.84. The van der Waals surface area contributed by atoms with E-state index < -0.39 is 4.92 Å². The molecule has 0 fully saturated rings. The van der Waals surface area contributed by atoms with Gasteiger partial charge in [-0.3, -0.25) is 10.1 Å². The number of hydrogen-bond acceptors (Lipinski definition) is 7. The third-order valence-corrected chi connectivity index (χ3v) is 4.22. The Hall–Kier alpha value is -2.81. The van der Waals surface area contributed by atoms with Crippen LogP contribution in [0.4, 0.5) is 28.7 Å². The van der Waals surface area contributed by atoms with Crippen LogP contribution in [-0.4, -0.2) is 22.0 Å². The Morgan fingerprint density at radius 3 is 2.21 bits per heavy atom. The minimum Gasteiger partial charge on any atom is -0.495 e. The fourth-order valence-electron chi connectivity index (χ4n) is 2.40. The molecule has 1 aromatic heterocycles. The van der Waals surface area contributed by atoms with Gasteiger partial charge in [0.1, 0.15) is 12.1 Å². The van der Waals surface area contributed by atoms with Gasteiger partial charge in [0.2, 0.25) is 11.6 Å². The first-order valence-corrected chi connectivity index (χ1v) is 8.84. The molecule has 8 nitrogen and oxygen atoms in total. The molecule has 144 valence electrons. The number of nitrogens with zero attached hydrogens (tertiary/aromatic N) is 3. The van der Waals surface area contributed by atoms with Crippen LogP contribution in [0.25, 0.3) is 0 Å². The Labute approximate surface area is 174 Å². The second-order valence-electron chi connectivity index (χ2n) is 5.43. The number of hydrogen-bond donors (Lipinski definition) is 2. The van der Waals surface area contributed by atoms with Crippen LogP contribution < -0.4 is 15.4 Å². The van der Waals surface area contributed by atoms with Crippen molar-refractivity contribution >= 4 is 63.5 Å². The normalized spacial score (nSPS) is 10.4. The maximum Gasteiger partial charge on any atom is 0.353 e. The Bertz CT molecular complexity index is 1030. The van der Waals surface area contributed by atoms with E-state index in [1.165, 1.54) is 13.4 Å². The molecule has 0 radical (unpaired) electrons. The van der Waals surface area contributed by atoms with Crippen LogP contribution in [0.5, 0.6) is 5.75 Å². The number of rotatable bonds is 6. The number of aromatic nitrogens is 2. The van der Waals surface area contributed by atoms with Crippen LogP contribution in [0, 0.1) is 10.1 Å². The molecule has 11 heteroatoms. The van der Waals surface area contributed by atoms with Gasteiger partial charge in [-0.25, -0.2) is 9.97 Å². The molecule has 0 atom stereocenters. The molecule has 1 heterocycles. The minimum atomic E-state index is -0.603. The molecule has 3 aromatic rings. The first-order chi connectivity index (χ1) is 13.4. The number of nitro groups is 1. The molecule has 0 saturated heterocycles. The SMILES string of the molecule is COc1ccc(Cl)cc1Nc1ncnc(Nc2cc(Cl)cc(Cl)c2)c1[N+](=O)[O-]. The van der Waals surface area contributed by atoms with E-state index >= 15 is 0 Å². The number of anilines is 4. The van der Waals surface area contributed by atoms with Crippen molar-refractivity contribution in [3.05, 3.63) is 67.9 Å². The molecule has 0 saturated carbocycles. The van der Waals surface area contributed by atoms with Gasteiger partial charge in [0.25, 0.3) is 0 Å². The summed E-state index contributed by atoms with van der Waals surface area (Å²) in [4.78, 5) is 19.1. The maximum atomic E-state index is 11.7. The summed E-state index contributed by atoms with van der Waals surface area (Å²) in [6, 6.07) is 9.50. The highest BCUT2D eigenvalue weighted by Gasteiger charge is 2.24. The first kappa shape index (κ1) is 19.9. The zero-order chi connectivity index (χ0) is 20.3. The summed E-state index contributed by atoms with van der Waals surface area (Å²) in [5.74, 6) is 0.353. The topological polar surface area (TPSA) is 102 Å². The van der Waals surface area contributed by atoms with E-state index in [2.05, 4.69) is 20.6 Å².